The molecule has 0 aliphatic rings. The molecular weight excluding hydrogens is 246 g/mol. The molecule has 108 valence electrons. The van der Waals surface area contributed by atoms with Crippen LogP contribution < -0.4 is 15.4 Å². The first kappa shape index (κ1) is 15.4. The number of rotatable bonds is 10. The van der Waals surface area contributed by atoms with Crippen LogP contribution in [0.4, 0.5) is 11.9 Å². The van der Waals surface area contributed by atoms with E-state index >= 15 is 0 Å². The van der Waals surface area contributed by atoms with Crippen molar-refractivity contribution in [3.8, 4) is 6.01 Å². The monoisotopic (exact) mass is 269 g/mol. The Labute approximate surface area is 114 Å². The predicted molar refractivity (Wildman–Crippen MR) is 74.8 cm³/mol. The summed E-state index contributed by atoms with van der Waals surface area (Å²) in [5.74, 6) is 1.06. The molecule has 1 heterocycles. The van der Waals surface area contributed by atoms with Crippen molar-refractivity contribution in [1.82, 2.24) is 15.0 Å². The van der Waals surface area contributed by atoms with Gasteiger partial charge < -0.3 is 20.1 Å². The highest BCUT2D eigenvalue weighted by molar-refractivity contribution is 5.35. The smallest absolute Gasteiger partial charge is 0.322 e. The lowest BCUT2D eigenvalue weighted by Gasteiger charge is -2.08. The van der Waals surface area contributed by atoms with Gasteiger partial charge in [-0.05, 0) is 26.2 Å². The first-order valence-corrected chi connectivity index (χ1v) is 6.57. The van der Waals surface area contributed by atoms with E-state index in [1.165, 1.54) is 0 Å². The van der Waals surface area contributed by atoms with Gasteiger partial charge in [0, 0.05) is 26.8 Å². The molecular formula is C12H23N5O2. The van der Waals surface area contributed by atoms with E-state index in [0.29, 0.717) is 17.9 Å². The van der Waals surface area contributed by atoms with Crippen LogP contribution in [0.3, 0.4) is 0 Å². The molecule has 0 aromatic carbocycles. The lowest BCUT2D eigenvalue weighted by molar-refractivity contribution is 0.192. The fourth-order valence-corrected chi connectivity index (χ4v) is 1.51. The molecule has 0 unspecified atom stereocenters. The average molecular weight is 269 g/mol. The second-order valence-corrected chi connectivity index (χ2v) is 3.98. The third-order valence-corrected chi connectivity index (χ3v) is 2.44. The Morgan fingerprint density at radius 2 is 1.68 bits per heavy atom. The van der Waals surface area contributed by atoms with Crippen LogP contribution in [0.5, 0.6) is 6.01 Å². The Morgan fingerprint density at radius 3 is 2.32 bits per heavy atom. The van der Waals surface area contributed by atoms with Crippen LogP contribution in [0.2, 0.25) is 0 Å². The largest absolute Gasteiger partial charge is 0.467 e. The van der Waals surface area contributed by atoms with Crippen molar-refractivity contribution in [3.63, 3.8) is 0 Å². The maximum Gasteiger partial charge on any atom is 0.322 e. The number of ether oxygens (including phenoxy) is 2. The highest BCUT2D eigenvalue weighted by atomic mass is 16.5. The molecule has 0 atom stereocenters. The van der Waals surface area contributed by atoms with Crippen LogP contribution in [-0.4, -0.2) is 48.9 Å². The summed E-state index contributed by atoms with van der Waals surface area (Å²) in [6.07, 6.45) is 3.23. The lowest BCUT2D eigenvalue weighted by atomic mass is 10.2. The summed E-state index contributed by atoms with van der Waals surface area (Å²) in [5, 5.41) is 6.21. The van der Waals surface area contributed by atoms with Crippen LogP contribution in [0, 0.1) is 0 Å². The summed E-state index contributed by atoms with van der Waals surface area (Å²) in [6.45, 7) is 4.37. The van der Waals surface area contributed by atoms with Crippen LogP contribution in [0.25, 0.3) is 0 Å². The molecule has 7 nitrogen and oxygen atoms in total. The van der Waals surface area contributed by atoms with Crippen molar-refractivity contribution in [2.45, 2.75) is 26.2 Å². The SMILES string of the molecule is CCNc1nc(NCCCCCOC)nc(OC)n1. The number of unbranched alkanes of at least 4 members (excludes halogenated alkanes) is 2. The van der Waals surface area contributed by atoms with E-state index in [9.17, 15) is 0 Å². The summed E-state index contributed by atoms with van der Waals surface area (Å²) < 4.78 is 10.0. The van der Waals surface area contributed by atoms with Crippen LogP contribution in [-0.2, 0) is 4.74 Å². The topological polar surface area (TPSA) is 81.2 Å². The van der Waals surface area contributed by atoms with Crippen molar-refractivity contribution >= 4 is 11.9 Å². The molecule has 0 amide bonds. The minimum absolute atomic E-state index is 0.313. The molecule has 0 bridgehead atoms. The highest BCUT2D eigenvalue weighted by Crippen LogP contribution is 2.10. The zero-order valence-electron chi connectivity index (χ0n) is 11.9. The molecule has 7 heteroatoms. The molecule has 1 aromatic rings. The molecule has 0 saturated heterocycles. The minimum atomic E-state index is 0.313. The van der Waals surface area contributed by atoms with Gasteiger partial charge in [-0.25, -0.2) is 0 Å². The van der Waals surface area contributed by atoms with Gasteiger partial charge in [-0.15, -0.1) is 0 Å². The van der Waals surface area contributed by atoms with Crippen LogP contribution in [0.1, 0.15) is 26.2 Å². The van der Waals surface area contributed by atoms with Gasteiger partial charge in [0.1, 0.15) is 0 Å². The molecule has 0 aliphatic heterocycles. The van der Waals surface area contributed by atoms with E-state index in [1.54, 1.807) is 14.2 Å². The van der Waals surface area contributed by atoms with E-state index in [4.69, 9.17) is 9.47 Å². The molecule has 1 rings (SSSR count). The Hall–Kier alpha value is -1.63. The number of hydrogen-bond donors (Lipinski definition) is 2. The second kappa shape index (κ2) is 9.32. The van der Waals surface area contributed by atoms with E-state index in [2.05, 4.69) is 25.6 Å². The van der Waals surface area contributed by atoms with E-state index < -0.39 is 0 Å². The molecule has 19 heavy (non-hydrogen) atoms. The zero-order valence-corrected chi connectivity index (χ0v) is 11.9. The third kappa shape index (κ3) is 6.19. The van der Waals surface area contributed by atoms with Gasteiger partial charge in [0.25, 0.3) is 0 Å². The van der Waals surface area contributed by atoms with Gasteiger partial charge in [-0.3, -0.25) is 0 Å². The summed E-state index contributed by atoms with van der Waals surface area (Å²) in [5.41, 5.74) is 0. The zero-order chi connectivity index (χ0) is 13.9. The summed E-state index contributed by atoms with van der Waals surface area (Å²) >= 11 is 0. The Morgan fingerprint density at radius 1 is 0.947 bits per heavy atom. The number of aromatic nitrogens is 3. The molecule has 0 radical (unpaired) electrons. The number of nitrogens with one attached hydrogen (secondary N) is 2. The fourth-order valence-electron chi connectivity index (χ4n) is 1.51. The van der Waals surface area contributed by atoms with E-state index in [1.807, 2.05) is 6.92 Å². The Bertz CT molecular complexity index is 362. The number of nitrogens with zero attached hydrogens (tertiary/aromatic N) is 3. The van der Waals surface area contributed by atoms with Gasteiger partial charge >= 0.3 is 6.01 Å². The van der Waals surface area contributed by atoms with E-state index in [0.717, 1.165) is 39.0 Å². The lowest BCUT2D eigenvalue weighted by Crippen LogP contribution is -2.11. The standard InChI is InChI=1S/C12H23N5O2/c1-4-13-10-15-11(17-12(16-10)19-3)14-8-6-5-7-9-18-2/h4-9H2,1-3H3,(H2,13,14,15,16,17). The maximum atomic E-state index is 5.04. The normalized spacial score (nSPS) is 10.3. The van der Waals surface area contributed by atoms with Gasteiger partial charge in [0.15, 0.2) is 0 Å². The maximum absolute atomic E-state index is 5.04. The summed E-state index contributed by atoms with van der Waals surface area (Å²) in [4.78, 5) is 12.5. The highest BCUT2D eigenvalue weighted by Gasteiger charge is 2.05. The quantitative estimate of drug-likeness (QED) is 0.623. The number of anilines is 2. The van der Waals surface area contributed by atoms with Crippen molar-refractivity contribution in [2.75, 3.05) is 44.5 Å². The molecule has 0 aliphatic carbocycles. The van der Waals surface area contributed by atoms with Crippen molar-refractivity contribution < 1.29 is 9.47 Å². The van der Waals surface area contributed by atoms with Crippen LogP contribution in [0.15, 0.2) is 0 Å². The molecule has 0 fully saturated rings. The van der Waals surface area contributed by atoms with E-state index in [-0.39, 0.29) is 0 Å². The van der Waals surface area contributed by atoms with Crippen LogP contribution >= 0.6 is 0 Å². The first-order valence-electron chi connectivity index (χ1n) is 6.57. The average Bonchev–Trinajstić information content (AvgIpc) is 2.43. The summed E-state index contributed by atoms with van der Waals surface area (Å²) in [7, 11) is 3.26. The van der Waals surface area contributed by atoms with Gasteiger partial charge in [0.2, 0.25) is 11.9 Å². The third-order valence-electron chi connectivity index (χ3n) is 2.44. The number of hydrogen-bond acceptors (Lipinski definition) is 7. The summed E-state index contributed by atoms with van der Waals surface area (Å²) in [6, 6.07) is 0.313. The second-order valence-electron chi connectivity index (χ2n) is 3.98. The molecule has 0 spiro atoms. The van der Waals surface area contributed by atoms with Gasteiger partial charge in [0.05, 0.1) is 7.11 Å². The Balaban J connectivity index is 2.41. The van der Waals surface area contributed by atoms with Gasteiger partial charge in [-0.1, -0.05) is 0 Å². The first-order chi connectivity index (χ1) is 9.30. The molecule has 2 N–H and O–H groups in total. The minimum Gasteiger partial charge on any atom is -0.467 e. The molecule has 0 saturated carbocycles. The number of methoxy groups -OCH3 is 2. The van der Waals surface area contributed by atoms with Gasteiger partial charge in [-0.2, -0.15) is 15.0 Å². The van der Waals surface area contributed by atoms with Crippen molar-refractivity contribution in [3.05, 3.63) is 0 Å². The predicted octanol–water partition coefficient (Wildman–Crippen LogP) is 1.54. The van der Waals surface area contributed by atoms with Crippen molar-refractivity contribution in [1.29, 1.82) is 0 Å². The Kier molecular flexibility index (Phi) is 7.57. The molecule has 1 aromatic heterocycles. The fraction of sp³-hybridized carbons (Fsp3) is 0.750. The van der Waals surface area contributed by atoms with Crippen molar-refractivity contribution in [2.24, 2.45) is 0 Å².